The maximum atomic E-state index is 13.0. The highest BCUT2D eigenvalue weighted by molar-refractivity contribution is 5.91. The van der Waals surface area contributed by atoms with E-state index >= 15 is 0 Å². The Balaban J connectivity index is 1.86. The number of nitrogens with two attached hydrogens (primary N) is 2. The number of unbranched alkanes of at least 4 members (excludes halogenated alkanes) is 1. The summed E-state index contributed by atoms with van der Waals surface area (Å²) in [5, 5.41) is 0. The Hall–Kier alpha value is -2.66. The maximum Gasteiger partial charge on any atom is 0.232 e. The van der Waals surface area contributed by atoms with E-state index in [0.717, 1.165) is 50.0 Å². The van der Waals surface area contributed by atoms with E-state index in [9.17, 15) is 9.59 Å². The van der Waals surface area contributed by atoms with Gasteiger partial charge >= 0.3 is 0 Å². The van der Waals surface area contributed by atoms with Crippen molar-refractivity contribution in [1.82, 2.24) is 4.90 Å². The Morgan fingerprint density at radius 2 is 1.50 bits per heavy atom. The van der Waals surface area contributed by atoms with Crippen LogP contribution in [-0.4, -0.2) is 36.3 Å². The summed E-state index contributed by atoms with van der Waals surface area (Å²) in [6.07, 6.45) is 3.06. The zero-order valence-corrected chi connectivity index (χ0v) is 16.2. The van der Waals surface area contributed by atoms with Crippen molar-refractivity contribution in [3.63, 3.8) is 0 Å². The SMILES string of the molecule is NC(=O)CCCCN1CC[C@@H](C(C(N)=O)(c2ccccc2)c2ccccc2)C1. The van der Waals surface area contributed by atoms with Crippen molar-refractivity contribution in [3.05, 3.63) is 71.8 Å². The first-order valence-corrected chi connectivity index (χ1v) is 9.96. The molecule has 2 aromatic rings. The van der Waals surface area contributed by atoms with Crippen LogP contribution in [0.3, 0.4) is 0 Å². The molecule has 5 heteroatoms. The number of hydrogen-bond acceptors (Lipinski definition) is 3. The fraction of sp³-hybridized carbons (Fsp3) is 0.391. The molecule has 0 radical (unpaired) electrons. The topological polar surface area (TPSA) is 89.4 Å². The summed E-state index contributed by atoms with van der Waals surface area (Å²) in [7, 11) is 0. The lowest BCUT2D eigenvalue weighted by atomic mass is 9.64. The first-order chi connectivity index (χ1) is 13.5. The average Bonchev–Trinajstić information content (AvgIpc) is 3.16. The van der Waals surface area contributed by atoms with Gasteiger partial charge in [-0.15, -0.1) is 0 Å². The van der Waals surface area contributed by atoms with E-state index < -0.39 is 5.41 Å². The number of rotatable bonds is 9. The normalized spacial score (nSPS) is 17.5. The summed E-state index contributed by atoms with van der Waals surface area (Å²) >= 11 is 0. The minimum atomic E-state index is -0.843. The molecular weight excluding hydrogens is 350 g/mol. The maximum absolute atomic E-state index is 13.0. The van der Waals surface area contributed by atoms with Crippen molar-refractivity contribution < 1.29 is 9.59 Å². The van der Waals surface area contributed by atoms with Gasteiger partial charge in [-0.05, 0) is 49.4 Å². The average molecular weight is 380 g/mol. The van der Waals surface area contributed by atoms with E-state index in [1.807, 2.05) is 60.7 Å². The van der Waals surface area contributed by atoms with Gasteiger partial charge in [0.1, 0.15) is 5.41 Å². The molecule has 3 rings (SSSR count). The highest BCUT2D eigenvalue weighted by Crippen LogP contribution is 2.43. The van der Waals surface area contributed by atoms with E-state index in [1.165, 1.54) is 0 Å². The van der Waals surface area contributed by atoms with Crippen LogP contribution in [0.15, 0.2) is 60.7 Å². The second-order valence-corrected chi connectivity index (χ2v) is 7.61. The predicted octanol–water partition coefficient (Wildman–Crippen LogP) is 2.44. The summed E-state index contributed by atoms with van der Waals surface area (Å²) in [6, 6.07) is 19.8. The molecule has 1 atom stereocenters. The van der Waals surface area contributed by atoms with Crippen molar-refractivity contribution in [2.45, 2.75) is 31.1 Å². The molecule has 148 valence electrons. The van der Waals surface area contributed by atoms with E-state index in [0.29, 0.717) is 6.42 Å². The Bertz CT molecular complexity index is 753. The first kappa shape index (κ1) is 20.1. The molecule has 0 aromatic heterocycles. The number of primary amides is 2. The van der Waals surface area contributed by atoms with Crippen molar-refractivity contribution in [1.29, 1.82) is 0 Å². The third-order valence-corrected chi connectivity index (χ3v) is 5.88. The Morgan fingerprint density at radius 3 is 2.00 bits per heavy atom. The number of carbonyl (C=O) groups is 2. The van der Waals surface area contributed by atoms with E-state index in [-0.39, 0.29) is 17.7 Å². The molecule has 2 aromatic carbocycles. The highest BCUT2D eigenvalue weighted by atomic mass is 16.1. The fourth-order valence-electron chi connectivity index (χ4n) is 4.55. The Labute approximate surface area is 166 Å². The summed E-state index contributed by atoms with van der Waals surface area (Å²) < 4.78 is 0. The van der Waals surface area contributed by atoms with Gasteiger partial charge in [0.05, 0.1) is 0 Å². The molecule has 2 amide bonds. The van der Waals surface area contributed by atoms with Crippen LogP contribution >= 0.6 is 0 Å². The first-order valence-electron chi connectivity index (χ1n) is 9.96. The number of likely N-dealkylation sites (tertiary alicyclic amines) is 1. The highest BCUT2D eigenvalue weighted by Gasteiger charge is 2.49. The van der Waals surface area contributed by atoms with Crippen LogP contribution in [-0.2, 0) is 15.0 Å². The van der Waals surface area contributed by atoms with Gasteiger partial charge < -0.3 is 16.4 Å². The van der Waals surface area contributed by atoms with Gasteiger partial charge in [0.2, 0.25) is 11.8 Å². The molecule has 1 aliphatic rings. The molecule has 1 saturated heterocycles. The second kappa shape index (κ2) is 9.02. The lowest BCUT2D eigenvalue weighted by Crippen LogP contribution is -2.49. The number of amides is 2. The standard InChI is InChI=1S/C23H29N3O2/c24-21(27)13-7-8-15-26-16-14-20(17-26)23(22(25)28,18-9-3-1-4-10-18)19-11-5-2-6-12-19/h1-6,9-12,20H,7-8,13-17H2,(H2,24,27)(H2,25,28)/t20-/m1/s1. The summed E-state index contributed by atoms with van der Waals surface area (Å²) in [6.45, 7) is 2.64. The zero-order chi connectivity index (χ0) is 20.0. The second-order valence-electron chi connectivity index (χ2n) is 7.61. The van der Waals surface area contributed by atoms with Gasteiger partial charge in [0, 0.05) is 13.0 Å². The van der Waals surface area contributed by atoms with E-state index in [1.54, 1.807) is 0 Å². The van der Waals surface area contributed by atoms with Crippen LogP contribution in [0.25, 0.3) is 0 Å². The van der Waals surface area contributed by atoms with Crippen molar-refractivity contribution in [3.8, 4) is 0 Å². The third kappa shape index (κ3) is 4.09. The molecule has 0 saturated carbocycles. The lowest BCUT2D eigenvalue weighted by Gasteiger charge is -2.37. The molecule has 4 N–H and O–H groups in total. The van der Waals surface area contributed by atoms with Gasteiger partial charge in [-0.2, -0.15) is 0 Å². The van der Waals surface area contributed by atoms with Crippen molar-refractivity contribution in [2.24, 2.45) is 17.4 Å². The van der Waals surface area contributed by atoms with E-state index in [2.05, 4.69) is 4.90 Å². The minimum absolute atomic E-state index is 0.103. The van der Waals surface area contributed by atoms with Gasteiger partial charge in [0.15, 0.2) is 0 Å². The summed E-state index contributed by atoms with van der Waals surface area (Å²) in [4.78, 5) is 26.3. The van der Waals surface area contributed by atoms with Gasteiger partial charge in [-0.25, -0.2) is 0 Å². The van der Waals surface area contributed by atoms with Crippen molar-refractivity contribution in [2.75, 3.05) is 19.6 Å². The molecule has 1 heterocycles. The molecule has 28 heavy (non-hydrogen) atoms. The minimum Gasteiger partial charge on any atom is -0.370 e. The van der Waals surface area contributed by atoms with Gasteiger partial charge in [-0.1, -0.05) is 60.7 Å². The van der Waals surface area contributed by atoms with Crippen LogP contribution in [0.1, 0.15) is 36.8 Å². The number of nitrogens with zero attached hydrogens (tertiary/aromatic N) is 1. The zero-order valence-electron chi connectivity index (χ0n) is 16.2. The monoisotopic (exact) mass is 379 g/mol. The van der Waals surface area contributed by atoms with Crippen LogP contribution in [0.5, 0.6) is 0 Å². The van der Waals surface area contributed by atoms with Crippen molar-refractivity contribution >= 4 is 11.8 Å². The Morgan fingerprint density at radius 1 is 0.929 bits per heavy atom. The molecule has 0 aliphatic carbocycles. The van der Waals surface area contributed by atoms with Gasteiger partial charge in [-0.3, -0.25) is 9.59 Å². The van der Waals surface area contributed by atoms with E-state index in [4.69, 9.17) is 11.5 Å². The fourth-order valence-corrected chi connectivity index (χ4v) is 4.55. The van der Waals surface area contributed by atoms with Crippen LogP contribution in [0.2, 0.25) is 0 Å². The van der Waals surface area contributed by atoms with Crippen LogP contribution < -0.4 is 11.5 Å². The quantitative estimate of drug-likeness (QED) is 0.656. The molecule has 1 fully saturated rings. The molecule has 5 nitrogen and oxygen atoms in total. The largest absolute Gasteiger partial charge is 0.370 e. The number of benzene rings is 2. The molecule has 1 aliphatic heterocycles. The molecule has 0 bridgehead atoms. The number of hydrogen-bond donors (Lipinski definition) is 2. The smallest absolute Gasteiger partial charge is 0.232 e. The predicted molar refractivity (Wildman–Crippen MR) is 110 cm³/mol. The Kier molecular flexibility index (Phi) is 6.47. The molecular formula is C23H29N3O2. The van der Waals surface area contributed by atoms with Crippen LogP contribution in [0.4, 0.5) is 0 Å². The molecule has 0 unspecified atom stereocenters. The lowest BCUT2D eigenvalue weighted by molar-refractivity contribution is -0.124. The third-order valence-electron chi connectivity index (χ3n) is 5.88. The van der Waals surface area contributed by atoms with Crippen LogP contribution in [0, 0.1) is 5.92 Å². The number of carbonyl (C=O) groups excluding carboxylic acids is 2. The summed E-state index contributed by atoms with van der Waals surface area (Å²) in [5.74, 6) is -0.448. The molecule has 0 spiro atoms. The summed E-state index contributed by atoms with van der Waals surface area (Å²) in [5.41, 5.74) is 12.4. The van der Waals surface area contributed by atoms with Gasteiger partial charge in [0.25, 0.3) is 0 Å².